The van der Waals surface area contributed by atoms with Crippen molar-refractivity contribution in [1.82, 2.24) is 14.8 Å². The van der Waals surface area contributed by atoms with Gasteiger partial charge in [-0.05, 0) is 30.2 Å². The number of hydrogen-bond donors (Lipinski definition) is 1. The van der Waals surface area contributed by atoms with Crippen LogP contribution in [0, 0.1) is 17.1 Å². The molecule has 0 spiro atoms. The van der Waals surface area contributed by atoms with Gasteiger partial charge in [0.2, 0.25) is 0 Å². The number of nitrogens with zero attached hydrogens (tertiary/aromatic N) is 3. The third-order valence-electron chi connectivity index (χ3n) is 4.37. The Morgan fingerprint density at radius 2 is 2.15 bits per heavy atom. The maximum absolute atomic E-state index is 13.1. The first-order chi connectivity index (χ1) is 12.6. The molecule has 26 heavy (non-hydrogen) atoms. The Hall–Kier alpha value is -2.85. The van der Waals surface area contributed by atoms with Gasteiger partial charge in [0.05, 0.1) is 0 Å². The van der Waals surface area contributed by atoms with Gasteiger partial charge in [0, 0.05) is 45.0 Å². The molecule has 1 fully saturated rings. The molecule has 1 aromatic heterocycles. The van der Waals surface area contributed by atoms with Crippen molar-refractivity contribution in [2.45, 2.75) is 13.0 Å². The predicted octanol–water partition coefficient (Wildman–Crippen LogP) is 2.14. The summed E-state index contributed by atoms with van der Waals surface area (Å²) in [6.45, 7) is 3.62. The van der Waals surface area contributed by atoms with E-state index >= 15 is 0 Å². The van der Waals surface area contributed by atoms with Crippen LogP contribution in [0.1, 0.15) is 17.7 Å². The largest absolute Gasteiger partial charge is 0.484 e. The lowest BCUT2D eigenvalue weighted by Gasteiger charge is -2.22. The maximum atomic E-state index is 13.1. The highest BCUT2D eigenvalue weighted by Gasteiger charge is 2.20. The monoisotopic (exact) mass is 356 g/mol. The maximum Gasteiger partial charge on any atom is 0.260 e. The van der Waals surface area contributed by atoms with Crippen molar-refractivity contribution in [3.8, 4) is 11.8 Å². The molecule has 1 aliphatic heterocycles. The van der Waals surface area contributed by atoms with Gasteiger partial charge in [-0.15, -0.1) is 0 Å². The fraction of sp³-hybridized carbons (Fsp3) is 0.368. The quantitative estimate of drug-likeness (QED) is 0.891. The van der Waals surface area contributed by atoms with Gasteiger partial charge in [-0.3, -0.25) is 9.69 Å². The molecule has 2 heterocycles. The van der Waals surface area contributed by atoms with Crippen LogP contribution in [-0.2, 0) is 11.3 Å². The number of rotatable bonds is 5. The molecule has 7 heteroatoms. The van der Waals surface area contributed by atoms with E-state index in [0.717, 1.165) is 31.6 Å². The molecule has 0 bridgehead atoms. The van der Waals surface area contributed by atoms with Gasteiger partial charge < -0.3 is 14.6 Å². The van der Waals surface area contributed by atoms with Crippen LogP contribution in [0.4, 0.5) is 4.39 Å². The second-order valence-corrected chi connectivity index (χ2v) is 6.29. The third-order valence-corrected chi connectivity index (χ3v) is 4.37. The Morgan fingerprint density at radius 1 is 1.27 bits per heavy atom. The molecule has 6 nitrogen and oxygen atoms in total. The lowest BCUT2D eigenvalue weighted by molar-refractivity contribution is -0.133. The number of H-pyrrole nitrogens is 1. The van der Waals surface area contributed by atoms with Gasteiger partial charge in [-0.25, -0.2) is 4.39 Å². The molecule has 0 aliphatic carbocycles. The summed E-state index contributed by atoms with van der Waals surface area (Å²) in [5.74, 6) is -0.121. The number of benzene rings is 1. The summed E-state index contributed by atoms with van der Waals surface area (Å²) in [6.07, 6.45) is 2.72. The Bertz CT molecular complexity index is 799. The number of carbonyl (C=O) groups is 1. The van der Waals surface area contributed by atoms with Crippen LogP contribution in [0.15, 0.2) is 36.5 Å². The topological polar surface area (TPSA) is 72.4 Å². The van der Waals surface area contributed by atoms with Crippen LogP contribution in [0.2, 0.25) is 0 Å². The molecular formula is C19H21FN4O2. The van der Waals surface area contributed by atoms with Crippen LogP contribution in [0.3, 0.4) is 0 Å². The molecule has 1 amide bonds. The summed E-state index contributed by atoms with van der Waals surface area (Å²) in [7, 11) is 0. The second-order valence-electron chi connectivity index (χ2n) is 6.29. The summed E-state index contributed by atoms with van der Waals surface area (Å²) < 4.78 is 18.5. The summed E-state index contributed by atoms with van der Waals surface area (Å²) in [5.41, 5.74) is 1.62. The summed E-state index contributed by atoms with van der Waals surface area (Å²) in [4.78, 5) is 19.3. The highest BCUT2D eigenvalue weighted by Crippen LogP contribution is 2.13. The van der Waals surface area contributed by atoms with Gasteiger partial charge in [0.1, 0.15) is 23.3 Å². The first-order valence-electron chi connectivity index (χ1n) is 8.60. The molecule has 0 saturated carbocycles. The van der Waals surface area contributed by atoms with Crippen molar-refractivity contribution in [3.63, 3.8) is 0 Å². The SMILES string of the molecule is N#Cc1cc(CN2CCCN(C(=O)COc3cccc(F)c3)CC2)c[nH]1. The van der Waals surface area contributed by atoms with Crippen molar-refractivity contribution < 1.29 is 13.9 Å². The van der Waals surface area contributed by atoms with Crippen molar-refractivity contribution in [1.29, 1.82) is 5.26 Å². The molecule has 1 aliphatic rings. The molecule has 0 atom stereocenters. The van der Waals surface area contributed by atoms with Gasteiger partial charge >= 0.3 is 0 Å². The van der Waals surface area contributed by atoms with Crippen LogP contribution < -0.4 is 4.74 Å². The van der Waals surface area contributed by atoms with Gasteiger partial charge in [-0.2, -0.15) is 5.26 Å². The lowest BCUT2D eigenvalue weighted by atomic mass is 10.3. The van der Waals surface area contributed by atoms with E-state index < -0.39 is 0 Å². The number of carbonyl (C=O) groups excluding carboxylic acids is 1. The second kappa shape index (κ2) is 8.50. The zero-order valence-electron chi connectivity index (χ0n) is 14.4. The van der Waals surface area contributed by atoms with Crippen molar-refractivity contribution in [2.24, 2.45) is 0 Å². The molecule has 136 valence electrons. The van der Waals surface area contributed by atoms with Crippen LogP contribution in [0.5, 0.6) is 5.75 Å². The van der Waals surface area contributed by atoms with E-state index in [1.54, 1.807) is 17.0 Å². The van der Waals surface area contributed by atoms with E-state index in [0.29, 0.717) is 24.5 Å². The minimum Gasteiger partial charge on any atom is -0.484 e. The van der Waals surface area contributed by atoms with Crippen LogP contribution in [-0.4, -0.2) is 53.5 Å². The lowest BCUT2D eigenvalue weighted by Crippen LogP contribution is -2.38. The van der Waals surface area contributed by atoms with E-state index in [1.165, 1.54) is 12.1 Å². The first kappa shape index (κ1) is 18.0. The summed E-state index contributed by atoms with van der Waals surface area (Å²) in [5, 5.41) is 8.87. The fourth-order valence-electron chi connectivity index (χ4n) is 3.02. The molecule has 1 aromatic carbocycles. The molecule has 1 saturated heterocycles. The molecule has 2 aromatic rings. The molecule has 3 rings (SSSR count). The number of aromatic amines is 1. The minimum atomic E-state index is -0.385. The van der Waals surface area contributed by atoms with Crippen LogP contribution in [0.25, 0.3) is 0 Å². The Kier molecular flexibility index (Phi) is 5.87. The van der Waals surface area contributed by atoms with E-state index in [1.807, 2.05) is 12.3 Å². The van der Waals surface area contributed by atoms with Gasteiger partial charge in [0.25, 0.3) is 5.91 Å². The van der Waals surface area contributed by atoms with E-state index in [-0.39, 0.29) is 18.3 Å². The van der Waals surface area contributed by atoms with Gasteiger partial charge in [-0.1, -0.05) is 6.07 Å². The highest BCUT2D eigenvalue weighted by molar-refractivity contribution is 5.77. The summed E-state index contributed by atoms with van der Waals surface area (Å²) in [6, 6.07) is 9.72. The van der Waals surface area contributed by atoms with E-state index in [2.05, 4.69) is 16.0 Å². The number of ether oxygens (including phenoxy) is 1. The smallest absolute Gasteiger partial charge is 0.260 e. The predicted molar refractivity (Wildman–Crippen MR) is 93.9 cm³/mol. The zero-order chi connectivity index (χ0) is 18.4. The van der Waals surface area contributed by atoms with E-state index in [9.17, 15) is 9.18 Å². The normalized spacial score (nSPS) is 15.3. The highest BCUT2D eigenvalue weighted by atomic mass is 19.1. The number of halogens is 1. The average Bonchev–Trinajstić information content (AvgIpc) is 2.96. The Morgan fingerprint density at radius 3 is 2.92 bits per heavy atom. The molecule has 0 unspecified atom stereocenters. The van der Waals surface area contributed by atoms with E-state index in [4.69, 9.17) is 10.00 Å². The number of aromatic nitrogens is 1. The average molecular weight is 356 g/mol. The number of nitriles is 1. The molecule has 0 radical (unpaired) electrons. The summed E-state index contributed by atoms with van der Waals surface area (Å²) >= 11 is 0. The minimum absolute atomic E-state index is 0.0905. The van der Waals surface area contributed by atoms with Gasteiger partial charge in [0.15, 0.2) is 6.61 Å². The standard InChI is InChI=1S/C19H21FN4O2/c20-16-3-1-4-18(10-16)26-14-19(25)24-6-2-5-23(7-8-24)13-15-9-17(11-21)22-12-15/h1,3-4,9-10,12,22H,2,5-8,13-14H2. The van der Waals surface area contributed by atoms with Crippen molar-refractivity contribution in [3.05, 3.63) is 53.6 Å². The first-order valence-corrected chi connectivity index (χ1v) is 8.60. The number of nitrogens with one attached hydrogen (secondary N) is 1. The third kappa shape index (κ3) is 4.83. The molecule has 1 N–H and O–H groups in total. The molecular weight excluding hydrogens is 335 g/mol. The fourth-order valence-corrected chi connectivity index (χ4v) is 3.02. The number of hydrogen-bond acceptors (Lipinski definition) is 4. The Labute approximate surface area is 151 Å². The zero-order valence-corrected chi connectivity index (χ0v) is 14.4. The van der Waals surface area contributed by atoms with Crippen LogP contribution >= 0.6 is 0 Å². The van der Waals surface area contributed by atoms with Crippen molar-refractivity contribution >= 4 is 5.91 Å². The van der Waals surface area contributed by atoms with Crippen molar-refractivity contribution in [2.75, 3.05) is 32.8 Å². The Balaban J connectivity index is 1.48. The number of amides is 1.